The van der Waals surface area contributed by atoms with E-state index < -0.39 is 0 Å². The number of nitrogens with zero attached hydrogens (tertiary/aromatic N) is 2. The first-order chi connectivity index (χ1) is 15.0. The SMILES string of the molecule is CCN(CC)C(=O)c1cccc(NC(=O)CNc2ccc(C(=O)N3CCCC3)cc2)c1. The summed E-state index contributed by atoms with van der Waals surface area (Å²) >= 11 is 0. The molecule has 0 aromatic heterocycles. The fourth-order valence-electron chi connectivity index (χ4n) is 3.64. The third-order valence-corrected chi connectivity index (χ3v) is 5.42. The average molecular weight is 423 g/mol. The van der Waals surface area contributed by atoms with Gasteiger partial charge in [0.1, 0.15) is 0 Å². The van der Waals surface area contributed by atoms with Crippen molar-refractivity contribution in [3.05, 3.63) is 59.7 Å². The van der Waals surface area contributed by atoms with Crippen molar-refractivity contribution in [3.8, 4) is 0 Å². The summed E-state index contributed by atoms with van der Waals surface area (Å²) in [7, 11) is 0. The summed E-state index contributed by atoms with van der Waals surface area (Å²) in [4.78, 5) is 40.8. The lowest BCUT2D eigenvalue weighted by Gasteiger charge is -2.19. The van der Waals surface area contributed by atoms with Gasteiger partial charge in [0.25, 0.3) is 11.8 Å². The van der Waals surface area contributed by atoms with Crippen molar-refractivity contribution in [3.63, 3.8) is 0 Å². The molecule has 1 saturated heterocycles. The molecule has 164 valence electrons. The van der Waals surface area contributed by atoms with E-state index >= 15 is 0 Å². The van der Waals surface area contributed by atoms with Crippen LogP contribution in [0.5, 0.6) is 0 Å². The van der Waals surface area contributed by atoms with E-state index in [0.717, 1.165) is 31.6 Å². The molecule has 3 amide bonds. The van der Waals surface area contributed by atoms with Crippen molar-refractivity contribution in [1.29, 1.82) is 0 Å². The van der Waals surface area contributed by atoms with Gasteiger partial charge in [-0.2, -0.15) is 0 Å². The van der Waals surface area contributed by atoms with Gasteiger partial charge in [-0.05, 0) is 69.2 Å². The Kier molecular flexibility index (Phi) is 7.65. The first-order valence-corrected chi connectivity index (χ1v) is 10.8. The molecule has 2 aromatic rings. The van der Waals surface area contributed by atoms with Gasteiger partial charge >= 0.3 is 0 Å². The topological polar surface area (TPSA) is 81.8 Å². The van der Waals surface area contributed by atoms with E-state index in [4.69, 9.17) is 0 Å². The van der Waals surface area contributed by atoms with Gasteiger partial charge in [0.05, 0.1) is 6.54 Å². The molecule has 1 aliphatic heterocycles. The number of rotatable bonds is 8. The minimum Gasteiger partial charge on any atom is -0.376 e. The van der Waals surface area contributed by atoms with Gasteiger partial charge in [0, 0.05) is 48.7 Å². The molecule has 0 spiro atoms. The Morgan fingerprint density at radius 3 is 2.23 bits per heavy atom. The molecule has 0 aliphatic carbocycles. The highest BCUT2D eigenvalue weighted by Gasteiger charge is 2.19. The number of amides is 3. The molecule has 31 heavy (non-hydrogen) atoms. The number of benzene rings is 2. The zero-order chi connectivity index (χ0) is 22.2. The maximum absolute atomic E-state index is 12.5. The monoisotopic (exact) mass is 422 g/mol. The molecule has 0 unspecified atom stereocenters. The van der Waals surface area contributed by atoms with Gasteiger partial charge < -0.3 is 20.4 Å². The summed E-state index contributed by atoms with van der Waals surface area (Å²) in [5.74, 6) is -0.214. The Bertz CT molecular complexity index is 917. The molecule has 7 nitrogen and oxygen atoms in total. The van der Waals surface area contributed by atoms with Crippen molar-refractivity contribution in [2.24, 2.45) is 0 Å². The molecule has 1 heterocycles. The minimum atomic E-state index is -0.218. The van der Waals surface area contributed by atoms with Crippen LogP contribution in [0.2, 0.25) is 0 Å². The zero-order valence-corrected chi connectivity index (χ0v) is 18.2. The van der Waals surface area contributed by atoms with Crippen LogP contribution in [0.15, 0.2) is 48.5 Å². The zero-order valence-electron chi connectivity index (χ0n) is 18.2. The molecule has 0 saturated carbocycles. The van der Waals surface area contributed by atoms with Crippen LogP contribution in [-0.4, -0.2) is 60.2 Å². The Balaban J connectivity index is 1.52. The molecular formula is C24H30N4O3. The van der Waals surface area contributed by atoms with Gasteiger partial charge in [-0.15, -0.1) is 0 Å². The number of nitrogens with one attached hydrogen (secondary N) is 2. The third-order valence-electron chi connectivity index (χ3n) is 5.42. The van der Waals surface area contributed by atoms with E-state index in [0.29, 0.717) is 29.9 Å². The lowest BCUT2D eigenvalue weighted by atomic mass is 10.1. The normalized spacial score (nSPS) is 13.0. The molecule has 1 aliphatic rings. The fourth-order valence-corrected chi connectivity index (χ4v) is 3.64. The van der Waals surface area contributed by atoms with Crippen molar-refractivity contribution in [2.75, 3.05) is 43.4 Å². The van der Waals surface area contributed by atoms with Crippen LogP contribution in [0.25, 0.3) is 0 Å². The predicted octanol–water partition coefficient (Wildman–Crippen LogP) is 3.46. The maximum Gasteiger partial charge on any atom is 0.253 e. The van der Waals surface area contributed by atoms with E-state index in [1.54, 1.807) is 53.4 Å². The van der Waals surface area contributed by atoms with E-state index in [1.165, 1.54) is 0 Å². The largest absolute Gasteiger partial charge is 0.376 e. The first kappa shape index (κ1) is 22.3. The van der Waals surface area contributed by atoms with Gasteiger partial charge in [-0.1, -0.05) is 6.07 Å². The van der Waals surface area contributed by atoms with E-state index in [2.05, 4.69) is 10.6 Å². The molecule has 7 heteroatoms. The summed E-state index contributed by atoms with van der Waals surface area (Å²) in [5.41, 5.74) is 2.55. The Morgan fingerprint density at radius 1 is 0.903 bits per heavy atom. The van der Waals surface area contributed by atoms with Crippen LogP contribution >= 0.6 is 0 Å². The summed E-state index contributed by atoms with van der Waals surface area (Å²) < 4.78 is 0. The minimum absolute atomic E-state index is 0.0530. The molecule has 0 atom stereocenters. The molecule has 0 bridgehead atoms. The number of anilines is 2. The summed E-state index contributed by atoms with van der Waals surface area (Å²) in [5, 5.41) is 5.88. The summed E-state index contributed by atoms with van der Waals surface area (Å²) in [6, 6.07) is 14.1. The summed E-state index contributed by atoms with van der Waals surface area (Å²) in [6.45, 7) is 6.87. The smallest absolute Gasteiger partial charge is 0.253 e. The second-order valence-corrected chi connectivity index (χ2v) is 7.54. The summed E-state index contributed by atoms with van der Waals surface area (Å²) in [6.07, 6.45) is 2.13. The number of carbonyl (C=O) groups is 3. The van der Waals surface area contributed by atoms with Crippen LogP contribution in [0.4, 0.5) is 11.4 Å². The predicted molar refractivity (Wildman–Crippen MR) is 122 cm³/mol. The molecule has 0 radical (unpaired) electrons. The van der Waals surface area contributed by atoms with Crippen LogP contribution in [-0.2, 0) is 4.79 Å². The molecule has 2 N–H and O–H groups in total. The van der Waals surface area contributed by atoms with Crippen molar-refractivity contribution >= 4 is 29.1 Å². The number of carbonyl (C=O) groups excluding carboxylic acids is 3. The molecular weight excluding hydrogens is 392 g/mol. The van der Waals surface area contributed by atoms with Gasteiger partial charge in [0.2, 0.25) is 5.91 Å². The lowest BCUT2D eigenvalue weighted by Crippen LogP contribution is -2.30. The maximum atomic E-state index is 12.5. The molecule has 3 rings (SSSR count). The van der Waals surface area contributed by atoms with Crippen LogP contribution in [0, 0.1) is 0 Å². The Labute approximate surface area is 183 Å². The first-order valence-electron chi connectivity index (χ1n) is 10.8. The van der Waals surface area contributed by atoms with Crippen molar-refractivity contribution in [1.82, 2.24) is 9.80 Å². The van der Waals surface area contributed by atoms with E-state index in [9.17, 15) is 14.4 Å². The highest BCUT2D eigenvalue weighted by atomic mass is 16.2. The number of hydrogen-bond acceptors (Lipinski definition) is 4. The van der Waals surface area contributed by atoms with Crippen molar-refractivity contribution < 1.29 is 14.4 Å². The van der Waals surface area contributed by atoms with Crippen molar-refractivity contribution in [2.45, 2.75) is 26.7 Å². The highest BCUT2D eigenvalue weighted by molar-refractivity contribution is 5.98. The van der Waals surface area contributed by atoms with Gasteiger partial charge in [-0.3, -0.25) is 14.4 Å². The highest BCUT2D eigenvalue weighted by Crippen LogP contribution is 2.16. The van der Waals surface area contributed by atoms with E-state index in [1.807, 2.05) is 18.7 Å². The second kappa shape index (κ2) is 10.6. The standard InChI is InChI=1S/C24H30N4O3/c1-3-27(4-2)24(31)19-8-7-9-21(16-19)26-22(29)17-25-20-12-10-18(11-13-20)23(30)28-14-5-6-15-28/h7-13,16,25H,3-6,14-15,17H2,1-2H3,(H,26,29). The quantitative estimate of drug-likeness (QED) is 0.683. The van der Waals surface area contributed by atoms with E-state index in [-0.39, 0.29) is 24.3 Å². The second-order valence-electron chi connectivity index (χ2n) is 7.54. The third kappa shape index (κ3) is 5.84. The molecule has 2 aromatic carbocycles. The Morgan fingerprint density at radius 2 is 1.58 bits per heavy atom. The number of hydrogen-bond donors (Lipinski definition) is 2. The molecule has 1 fully saturated rings. The average Bonchev–Trinajstić information content (AvgIpc) is 3.33. The number of likely N-dealkylation sites (tertiary alicyclic amines) is 1. The van der Waals surface area contributed by atoms with Gasteiger partial charge in [0.15, 0.2) is 0 Å². The Hall–Kier alpha value is -3.35. The van der Waals surface area contributed by atoms with Crippen LogP contribution < -0.4 is 10.6 Å². The van der Waals surface area contributed by atoms with Crippen LogP contribution in [0.3, 0.4) is 0 Å². The van der Waals surface area contributed by atoms with Crippen LogP contribution in [0.1, 0.15) is 47.4 Å². The fraction of sp³-hybridized carbons (Fsp3) is 0.375. The van der Waals surface area contributed by atoms with Gasteiger partial charge in [-0.25, -0.2) is 0 Å². The lowest BCUT2D eigenvalue weighted by molar-refractivity contribution is -0.114.